The van der Waals surface area contributed by atoms with Crippen molar-refractivity contribution in [3.63, 3.8) is 0 Å². The first-order valence-corrected chi connectivity index (χ1v) is 8.65. The molecule has 1 aliphatic rings. The third kappa shape index (κ3) is 2.84. The van der Waals surface area contributed by atoms with Crippen molar-refractivity contribution in [1.29, 1.82) is 0 Å². The summed E-state index contributed by atoms with van der Waals surface area (Å²) in [5, 5.41) is 0. The molecule has 0 saturated heterocycles. The second-order valence-electron chi connectivity index (χ2n) is 6.58. The highest BCUT2D eigenvalue weighted by molar-refractivity contribution is 5.71. The zero-order chi connectivity index (χ0) is 17.4. The van der Waals surface area contributed by atoms with E-state index >= 15 is 0 Å². The highest BCUT2D eigenvalue weighted by Crippen LogP contribution is 2.38. The summed E-state index contributed by atoms with van der Waals surface area (Å²) < 4.78 is 0. The molecule has 3 aromatic rings. The SMILES string of the molecule is Cc1nc(N(C)c2ccccc2)cc(N2c3ccccc3CC2C)n1. The zero-order valence-electron chi connectivity index (χ0n) is 14.8. The molecule has 0 spiro atoms. The first kappa shape index (κ1) is 15.6. The van der Waals surface area contributed by atoms with Crippen LogP contribution in [0.5, 0.6) is 0 Å². The Morgan fingerprint density at radius 2 is 1.72 bits per heavy atom. The molecular formula is C21H22N4. The van der Waals surface area contributed by atoms with E-state index in [0.717, 1.165) is 29.6 Å². The largest absolute Gasteiger partial charge is 0.329 e. The van der Waals surface area contributed by atoms with Gasteiger partial charge in [0.25, 0.3) is 0 Å². The molecule has 0 saturated carbocycles. The number of para-hydroxylation sites is 2. The number of fused-ring (bicyclic) bond motifs is 1. The van der Waals surface area contributed by atoms with Gasteiger partial charge >= 0.3 is 0 Å². The molecule has 1 unspecified atom stereocenters. The lowest BCUT2D eigenvalue weighted by Gasteiger charge is -2.26. The van der Waals surface area contributed by atoms with Gasteiger partial charge in [-0.15, -0.1) is 0 Å². The van der Waals surface area contributed by atoms with E-state index in [9.17, 15) is 0 Å². The number of hydrogen-bond acceptors (Lipinski definition) is 4. The maximum Gasteiger partial charge on any atom is 0.139 e. The van der Waals surface area contributed by atoms with E-state index in [0.29, 0.717) is 6.04 Å². The van der Waals surface area contributed by atoms with Gasteiger partial charge in [-0.3, -0.25) is 0 Å². The Bertz CT molecular complexity index is 891. The quantitative estimate of drug-likeness (QED) is 0.700. The van der Waals surface area contributed by atoms with Gasteiger partial charge in [0.1, 0.15) is 17.5 Å². The van der Waals surface area contributed by atoms with Gasteiger partial charge in [-0.2, -0.15) is 0 Å². The van der Waals surface area contributed by atoms with E-state index in [1.807, 2.05) is 32.2 Å². The fourth-order valence-corrected chi connectivity index (χ4v) is 3.53. The number of nitrogens with zero attached hydrogens (tertiary/aromatic N) is 4. The molecule has 4 heteroatoms. The molecule has 1 atom stereocenters. The third-order valence-electron chi connectivity index (χ3n) is 4.75. The minimum Gasteiger partial charge on any atom is -0.329 e. The summed E-state index contributed by atoms with van der Waals surface area (Å²) in [4.78, 5) is 13.8. The molecule has 25 heavy (non-hydrogen) atoms. The van der Waals surface area contributed by atoms with Crippen LogP contribution < -0.4 is 9.80 Å². The molecule has 4 rings (SSSR count). The van der Waals surface area contributed by atoms with E-state index < -0.39 is 0 Å². The molecule has 2 aromatic carbocycles. The zero-order valence-corrected chi connectivity index (χ0v) is 14.8. The maximum atomic E-state index is 4.73. The molecule has 0 N–H and O–H groups in total. The van der Waals surface area contributed by atoms with Crippen LogP contribution in [0.15, 0.2) is 60.7 Å². The smallest absolute Gasteiger partial charge is 0.139 e. The standard InChI is InChI=1S/C21H22N4/c1-15-13-17-9-7-8-12-19(17)25(15)21-14-20(22-16(2)23-21)24(3)18-10-5-4-6-11-18/h4-12,14-15H,13H2,1-3H3. The van der Waals surface area contributed by atoms with Gasteiger partial charge in [0.05, 0.1) is 0 Å². The Labute approximate surface area is 148 Å². The van der Waals surface area contributed by atoms with Crippen molar-refractivity contribution < 1.29 is 0 Å². The van der Waals surface area contributed by atoms with Gasteiger partial charge in [0.15, 0.2) is 0 Å². The lowest BCUT2D eigenvalue weighted by atomic mass is 10.1. The van der Waals surface area contributed by atoms with Crippen molar-refractivity contribution in [3.05, 3.63) is 72.1 Å². The first-order valence-electron chi connectivity index (χ1n) is 8.65. The summed E-state index contributed by atoms with van der Waals surface area (Å²) in [5.41, 5.74) is 3.74. The Balaban J connectivity index is 1.76. The lowest BCUT2D eigenvalue weighted by molar-refractivity contribution is 0.746. The highest BCUT2D eigenvalue weighted by Gasteiger charge is 2.28. The Morgan fingerprint density at radius 3 is 2.52 bits per heavy atom. The van der Waals surface area contributed by atoms with Crippen molar-refractivity contribution in [1.82, 2.24) is 9.97 Å². The average Bonchev–Trinajstić information content (AvgIpc) is 2.97. The summed E-state index contributed by atoms with van der Waals surface area (Å²) in [6.07, 6.45) is 1.04. The highest BCUT2D eigenvalue weighted by atomic mass is 15.3. The van der Waals surface area contributed by atoms with E-state index in [1.54, 1.807) is 0 Å². The van der Waals surface area contributed by atoms with Crippen LogP contribution in [0.1, 0.15) is 18.3 Å². The van der Waals surface area contributed by atoms with E-state index in [1.165, 1.54) is 11.3 Å². The normalized spacial score (nSPS) is 16.0. The van der Waals surface area contributed by atoms with Gasteiger partial charge in [-0.1, -0.05) is 36.4 Å². The van der Waals surface area contributed by atoms with Crippen LogP contribution in [-0.4, -0.2) is 23.1 Å². The number of benzene rings is 2. The van der Waals surface area contributed by atoms with E-state index in [2.05, 4.69) is 64.2 Å². The van der Waals surface area contributed by atoms with Crippen molar-refractivity contribution >= 4 is 23.0 Å². The van der Waals surface area contributed by atoms with Crippen molar-refractivity contribution in [2.24, 2.45) is 0 Å². The summed E-state index contributed by atoms with van der Waals surface area (Å²) in [7, 11) is 2.04. The minimum absolute atomic E-state index is 0.390. The van der Waals surface area contributed by atoms with Gasteiger partial charge in [-0.05, 0) is 44.0 Å². The number of anilines is 4. The number of aromatic nitrogens is 2. The van der Waals surface area contributed by atoms with Crippen LogP contribution in [0.2, 0.25) is 0 Å². The lowest BCUT2D eigenvalue weighted by Crippen LogP contribution is -2.25. The van der Waals surface area contributed by atoms with Gasteiger partial charge in [0, 0.05) is 30.5 Å². The summed E-state index contributed by atoms with van der Waals surface area (Å²) in [6, 6.07) is 21.3. The minimum atomic E-state index is 0.390. The topological polar surface area (TPSA) is 32.3 Å². The Morgan fingerprint density at radius 1 is 1.00 bits per heavy atom. The fourth-order valence-electron chi connectivity index (χ4n) is 3.53. The summed E-state index contributed by atoms with van der Waals surface area (Å²) in [6.45, 7) is 4.20. The van der Waals surface area contributed by atoms with E-state index in [-0.39, 0.29) is 0 Å². The van der Waals surface area contributed by atoms with Crippen molar-refractivity contribution in [3.8, 4) is 0 Å². The second kappa shape index (κ2) is 6.20. The molecule has 0 fully saturated rings. The number of hydrogen-bond donors (Lipinski definition) is 0. The van der Waals surface area contributed by atoms with Crippen LogP contribution >= 0.6 is 0 Å². The van der Waals surface area contributed by atoms with Crippen molar-refractivity contribution in [2.75, 3.05) is 16.8 Å². The Hall–Kier alpha value is -2.88. The molecule has 1 aromatic heterocycles. The fraction of sp³-hybridized carbons (Fsp3) is 0.238. The molecule has 0 radical (unpaired) electrons. The van der Waals surface area contributed by atoms with Crippen LogP contribution in [0.25, 0.3) is 0 Å². The van der Waals surface area contributed by atoms with Gasteiger partial charge in [-0.25, -0.2) is 9.97 Å². The number of aryl methyl sites for hydroxylation is 1. The molecule has 0 aliphatic carbocycles. The average molecular weight is 330 g/mol. The maximum absolute atomic E-state index is 4.73. The van der Waals surface area contributed by atoms with E-state index in [4.69, 9.17) is 4.98 Å². The molecule has 126 valence electrons. The van der Waals surface area contributed by atoms with Crippen LogP contribution in [0, 0.1) is 6.92 Å². The molecule has 0 amide bonds. The predicted octanol–water partition coefficient (Wildman–Crippen LogP) is 4.64. The second-order valence-corrected chi connectivity index (χ2v) is 6.58. The molecule has 0 bridgehead atoms. The summed E-state index contributed by atoms with van der Waals surface area (Å²) >= 11 is 0. The number of rotatable bonds is 3. The first-order chi connectivity index (χ1) is 12.1. The monoisotopic (exact) mass is 330 g/mol. The van der Waals surface area contributed by atoms with Crippen LogP contribution in [0.3, 0.4) is 0 Å². The third-order valence-corrected chi connectivity index (χ3v) is 4.75. The van der Waals surface area contributed by atoms with Gasteiger partial charge in [0.2, 0.25) is 0 Å². The molecule has 4 nitrogen and oxygen atoms in total. The molecule has 1 aliphatic heterocycles. The molecule has 2 heterocycles. The molecular weight excluding hydrogens is 308 g/mol. The predicted molar refractivity (Wildman–Crippen MR) is 103 cm³/mol. The van der Waals surface area contributed by atoms with Crippen LogP contribution in [0.4, 0.5) is 23.0 Å². The van der Waals surface area contributed by atoms with Crippen LogP contribution in [-0.2, 0) is 6.42 Å². The Kier molecular flexibility index (Phi) is 3.88. The van der Waals surface area contributed by atoms with Crippen molar-refractivity contribution in [2.45, 2.75) is 26.3 Å². The summed E-state index contributed by atoms with van der Waals surface area (Å²) in [5.74, 6) is 2.65. The van der Waals surface area contributed by atoms with Gasteiger partial charge < -0.3 is 9.80 Å².